The molecule has 0 atom stereocenters. The molecule has 110 valence electrons. The third-order valence-corrected chi connectivity index (χ3v) is 3.79. The maximum Gasteiger partial charge on any atom is 0.335 e. The highest BCUT2D eigenvalue weighted by Gasteiger charge is 2.13. The molecule has 2 aromatic carbocycles. The maximum absolute atomic E-state index is 13.1. The van der Waals surface area contributed by atoms with Crippen LogP contribution in [0.4, 0.5) is 8.78 Å². The van der Waals surface area contributed by atoms with Gasteiger partial charge in [-0.2, -0.15) is 0 Å². The second-order valence-corrected chi connectivity index (χ2v) is 5.82. The largest absolute Gasteiger partial charge is 0.487 e. The van der Waals surface area contributed by atoms with Crippen LogP contribution in [0.15, 0.2) is 39.3 Å². The van der Waals surface area contributed by atoms with Crippen LogP contribution in [0.1, 0.15) is 15.9 Å². The molecule has 0 spiro atoms. The molecular formula is C14H8Br2F2O3. The number of ether oxygens (including phenoxy) is 1. The number of halogens is 4. The van der Waals surface area contributed by atoms with E-state index in [1.807, 2.05) is 0 Å². The van der Waals surface area contributed by atoms with Gasteiger partial charge in [-0.15, -0.1) is 0 Å². The van der Waals surface area contributed by atoms with E-state index in [9.17, 15) is 13.6 Å². The number of aromatic carboxylic acids is 1. The molecule has 0 saturated carbocycles. The van der Waals surface area contributed by atoms with Crippen molar-refractivity contribution in [3.8, 4) is 5.75 Å². The van der Waals surface area contributed by atoms with Gasteiger partial charge in [0.1, 0.15) is 12.4 Å². The van der Waals surface area contributed by atoms with Gasteiger partial charge in [-0.25, -0.2) is 13.6 Å². The van der Waals surface area contributed by atoms with E-state index in [4.69, 9.17) is 9.84 Å². The monoisotopic (exact) mass is 420 g/mol. The molecule has 0 bridgehead atoms. The summed E-state index contributed by atoms with van der Waals surface area (Å²) in [5, 5.41) is 8.93. The van der Waals surface area contributed by atoms with Gasteiger partial charge in [0.2, 0.25) is 0 Å². The van der Waals surface area contributed by atoms with E-state index in [1.165, 1.54) is 18.2 Å². The number of hydrogen-bond acceptors (Lipinski definition) is 2. The van der Waals surface area contributed by atoms with Crippen molar-refractivity contribution in [1.29, 1.82) is 0 Å². The molecule has 2 rings (SSSR count). The average molecular weight is 422 g/mol. The van der Waals surface area contributed by atoms with Gasteiger partial charge >= 0.3 is 5.97 Å². The molecule has 0 saturated heterocycles. The Hall–Kier alpha value is -1.47. The third-order valence-electron chi connectivity index (χ3n) is 2.61. The summed E-state index contributed by atoms with van der Waals surface area (Å²) in [5.41, 5.74) is 0.545. The Morgan fingerprint density at radius 3 is 2.24 bits per heavy atom. The summed E-state index contributed by atoms with van der Waals surface area (Å²) >= 11 is 6.43. The van der Waals surface area contributed by atoms with Crippen LogP contribution >= 0.6 is 31.9 Å². The van der Waals surface area contributed by atoms with E-state index in [2.05, 4.69) is 31.9 Å². The molecule has 21 heavy (non-hydrogen) atoms. The summed E-state index contributed by atoms with van der Waals surface area (Å²) in [6.45, 7) is 0.0147. The van der Waals surface area contributed by atoms with E-state index < -0.39 is 17.6 Å². The first kappa shape index (κ1) is 15.9. The predicted molar refractivity (Wildman–Crippen MR) is 79.5 cm³/mol. The van der Waals surface area contributed by atoms with Crippen molar-refractivity contribution in [2.75, 3.05) is 0 Å². The van der Waals surface area contributed by atoms with Crippen molar-refractivity contribution in [2.45, 2.75) is 6.61 Å². The molecule has 7 heteroatoms. The molecular weight excluding hydrogens is 414 g/mol. The number of carboxylic acid groups (broad SMARTS) is 1. The van der Waals surface area contributed by atoms with Gasteiger partial charge in [-0.3, -0.25) is 0 Å². The Morgan fingerprint density at radius 2 is 1.71 bits per heavy atom. The van der Waals surface area contributed by atoms with E-state index >= 15 is 0 Å². The van der Waals surface area contributed by atoms with Crippen LogP contribution in [0, 0.1) is 11.6 Å². The Bertz CT molecular complexity index is 682. The van der Waals surface area contributed by atoms with Crippen molar-refractivity contribution in [3.63, 3.8) is 0 Å². The molecule has 2 aromatic rings. The molecule has 0 aromatic heterocycles. The highest BCUT2D eigenvalue weighted by atomic mass is 79.9. The summed E-state index contributed by atoms with van der Waals surface area (Å²) in [4.78, 5) is 10.9. The number of rotatable bonds is 4. The Morgan fingerprint density at radius 1 is 1.10 bits per heavy atom. The molecule has 3 nitrogen and oxygen atoms in total. The molecule has 0 aliphatic rings. The van der Waals surface area contributed by atoms with Gasteiger partial charge in [0.15, 0.2) is 11.6 Å². The Balaban J connectivity index is 2.20. The zero-order valence-corrected chi connectivity index (χ0v) is 13.5. The quantitative estimate of drug-likeness (QED) is 0.773. The minimum Gasteiger partial charge on any atom is -0.487 e. The highest BCUT2D eigenvalue weighted by molar-refractivity contribution is 9.11. The lowest BCUT2D eigenvalue weighted by molar-refractivity contribution is 0.0696. The van der Waals surface area contributed by atoms with Crippen LogP contribution in [-0.2, 0) is 6.61 Å². The molecule has 0 aliphatic carbocycles. The first-order valence-corrected chi connectivity index (χ1v) is 7.26. The second kappa shape index (κ2) is 6.53. The zero-order valence-electron chi connectivity index (χ0n) is 10.4. The van der Waals surface area contributed by atoms with E-state index in [-0.39, 0.29) is 12.2 Å². The number of carboxylic acids is 1. The van der Waals surface area contributed by atoms with Crippen LogP contribution in [0.25, 0.3) is 0 Å². The number of hydrogen-bond donors (Lipinski definition) is 1. The fraction of sp³-hybridized carbons (Fsp3) is 0.0714. The van der Waals surface area contributed by atoms with Crippen molar-refractivity contribution in [3.05, 3.63) is 62.0 Å². The van der Waals surface area contributed by atoms with E-state index in [1.54, 1.807) is 0 Å². The smallest absolute Gasteiger partial charge is 0.335 e. The topological polar surface area (TPSA) is 46.5 Å². The van der Waals surface area contributed by atoms with Crippen LogP contribution in [0.2, 0.25) is 0 Å². The van der Waals surface area contributed by atoms with Gasteiger partial charge in [0, 0.05) is 0 Å². The van der Waals surface area contributed by atoms with Crippen LogP contribution in [0.5, 0.6) is 5.75 Å². The lowest BCUT2D eigenvalue weighted by Crippen LogP contribution is -2.01. The van der Waals surface area contributed by atoms with Gasteiger partial charge in [-0.1, -0.05) is 6.07 Å². The van der Waals surface area contributed by atoms with Gasteiger partial charge in [-0.05, 0) is 61.7 Å². The SMILES string of the molecule is O=C(O)c1cc(Br)c(OCc2ccc(F)c(F)c2)c(Br)c1. The van der Waals surface area contributed by atoms with Crippen molar-refractivity contribution in [1.82, 2.24) is 0 Å². The minimum absolute atomic E-state index is 0.0147. The lowest BCUT2D eigenvalue weighted by Gasteiger charge is -2.11. The van der Waals surface area contributed by atoms with Gasteiger partial charge in [0.05, 0.1) is 14.5 Å². The molecule has 0 unspecified atom stereocenters. The van der Waals surface area contributed by atoms with Gasteiger partial charge in [0.25, 0.3) is 0 Å². The number of benzene rings is 2. The molecule has 0 fully saturated rings. The second-order valence-electron chi connectivity index (χ2n) is 4.11. The van der Waals surface area contributed by atoms with E-state index in [0.29, 0.717) is 20.3 Å². The average Bonchev–Trinajstić information content (AvgIpc) is 2.41. The van der Waals surface area contributed by atoms with Crippen LogP contribution < -0.4 is 4.74 Å². The maximum atomic E-state index is 13.1. The third kappa shape index (κ3) is 3.79. The molecule has 1 N–H and O–H groups in total. The Kier molecular flexibility index (Phi) is 4.95. The summed E-state index contributed by atoms with van der Waals surface area (Å²) < 4.78 is 32.3. The normalized spacial score (nSPS) is 10.5. The highest BCUT2D eigenvalue weighted by Crippen LogP contribution is 2.35. The first-order chi connectivity index (χ1) is 9.88. The van der Waals surface area contributed by atoms with Crippen LogP contribution in [-0.4, -0.2) is 11.1 Å². The van der Waals surface area contributed by atoms with E-state index in [0.717, 1.165) is 12.1 Å². The molecule has 0 radical (unpaired) electrons. The van der Waals surface area contributed by atoms with Gasteiger partial charge < -0.3 is 9.84 Å². The Labute approximate surface area is 135 Å². The fourth-order valence-electron chi connectivity index (χ4n) is 1.61. The standard InChI is InChI=1S/C14H8Br2F2O3/c15-9-4-8(14(19)20)5-10(16)13(9)21-6-7-1-2-11(17)12(18)3-7/h1-5H,6H2,(H,19,20). The summed E-state index contributed by atoms with van der Waals surface area (Å²) in [6, 6.07) is 6.27. The molecule has 0 heterocycles. The first-order valence-electron chi connectivity index (χ1n) is 5.67. The molecule has 0 aliphatic heterocycles. The minimum atomic E-state index is -1.07. The predicted octanol–water partition coefficient (Wildman–Crippen LogP) is 4.77. The fourth-order valence-corrected chi connectivity index (χ4v) is 3.02. The van der Waals surface area contributed by atoms with Crippen molar-refractivity contribution < 1.29 is 23.4 Å². The summed E-state index contributed by atoms with van der Waals surface area (Å²) in [6.07, 6.45) is 0. The molecule has 0 amide bonds. The van der Waals surface area contributed by atoms with Crippen molar-refractivity contribution >= 4 is 37.8 Å². The lowest BCUT2D eigenvalue weighted by atomic mass is 10.2. The summed E-state index contributed by atoms with van der Waals surface area (Å²) in [5.74, 6) is -2.56. The summed E-state index contributed by atoms with van der Waals surface area (Å²) in [7, 11) is 0. The zero-order chi connectivity index (χ0) is 15.6. The van der Waals surface area contributed by atoms with Crippen LogP contribution in [0.3, 0.4) is 0 Å². The van der Waals surface area contributed by atoms with Crippen molar-refractivity contribution in [2.24, 2.45) is 0 Å². The number of carbonyl (C=O) groups is 1.